The third kappa shape index (κ3) is 7.15. The van der Waals surface area contributed by atoms with Crippen LogP contribution in [0.2, 0.25) is 5.02 Å². The van der Waals surface area contributed by atoms with Gasteiger partial charge in [-0.2, -0.15) is 11.8 Å². The van der Waals surface area contributed by atoms with Gasteiger partial charge in [-0.05, 0) is 55.2 Å². The average molecular weight is 407 g/mol. The van der Waals surface area contributed by atoms with Crippen molar-refractivity contribution in [3.63, 3.8) is 0 Å². The van der Waals surface area contributed by atoms with Crippen molar-refractivity contribution in [2.24, 2.45) is 0 Å². The molecule has 0 spiro atoms. The van der Waals surface area contributed by atoms with Gasteiger partial charge in [-0.25, -0.2) is 0 Å². The first-order valence-corrected chi connectivity index (χ1v) is 10.3. The SMILES string of the molecule is CSCCC(NC(=O)COc1ccccc1)C(=O)Nc1ccc(C)c(Cl)c1. The number of carbonyl (C=O) groups excluding carboxylic acids is 2. The van der Waals surface area contributed by atoms with Crippen LogP contribution in [-0.4, -0.2) is 36.5 Å². The van der Waals surface area contributed by atoms with Crippen LogP contribution in [0.3, 0.4) is 0 Å². The largest absolute Gasteiger partial charge is 0.484 e. The van der Waals surface area contributed by atoms with Crippen LogP contribution in [0.15, 0.2) is 48.5 Å². The van der Waals surface area contributed by atoms with Crippen LogP contribution in [0.5, 0.6) is 5.75 Å². The topological polar surface area (TPSA) is 67.4 Å². The molecule has 2 amide bonds. The van der Waals surface area contributed by atoms with Gasteiger partial charge >= 0.3 is 0 Å². The van der Waals surface area contributed by atoms with E-state index in [4.69, 9.17) is 16.3 Å². The number of benzene rings is 2. The molecule has 0 fully saturated rings. The van der Waals surface area contributed by atoms with Gasteiger partial charge in [-0.15, -0.1) is 0 Å². The molecule has 0 aliphatic heterocycles. The van der Waals surface area contributed by atoms with Crippen LogP contribution in [-0.2, 0) is 9.59 Å². The van der Waals surface area contributed by atoms with Gasteiger partial charge in [0.05, 0.1) is 0 Å². The second kappa shape index (κ2) is 10.8. The normalized spacial score (nSPS) is 11.5. The summed E-state index contributed by atoms with van der Waals surface area (Å²) in [4.78, 5) is 24.8. The Bertz CT molecular complexity index is 771. The lowest BCUT2D eigenvalue weighted by Crippen LogP contribution is -2.45. The lowest BCUT2D eigenvalue weighted by atomic mass is 10.2. The zero-order valence-corrected chi connectivity index (χ0v) is 16.9. The number of anilines is 1. The summed E-state index contributed by atoms with van der Waals surface area (Å²) in [5, 5.41) is 6.13. The number of nitrogens with one attached hydrogen (secondary N) is 2. The monoisotopic (exact) mass is 406 g/mol. The molecule has 2 rings (SSSR count). The van der Waals surface area contributed by atoms with Gasteiger partial charge in [0.15, 0.2) is 6.61 Å². The van der Waals surface area contributed by atoms with E-state index in [-0.39, 0.29) is 18.4 Å². The van der Waals surface area contributed by atoms with Gasteiger partial charge in [0.25, 0.3) is 5.91 Å². The fourth-order valence-electron chi connectivity index (χ4n) is 2.31. The summed E-state index contributed by atoms with van der Waals surface area (Å²) in [7, 11) is 0. The van der Waals surface area contributed by atoms with Crippen molar-refractivity contribution >= 4 is 40.9 Å². The second-order valence-corrected chi connectivity index (χ2v) is 7.35. The minimum atomic E-state index is -0.649. The molecule has 0 aliphatic carbocycles. The van der Waals surface area contributed by atoms with E-state index >= 15 is 0 Å². The van der Waals surface area contributed by atoms with E-state index in [1.54, 1.807) is 36.0 Å². The predicted octanol–water partition coefficient (Wildman–Crippen LogP) is 3.90. The summed E-state index contributed by atoms with van der Waals surface area (Å²) in [5.41, 5.74) is 1.53. The Morgan fingerprint density at radius 3 is 2.59 bits per heavy atom. The molecular weight excluding hydrogens is 384 g/mol. The summed E-state index contributed by atoms with van der Waals surface area (Å²) in [6, 6.07) is 13.7. The Kier molecular flexibility index (Phi) is 8.48. The van der Waals surface area contributed by atoms with Gasteiger partial charge in [0, 0.05) is 10.7 Å². The van der Waals surface area contributed by atoms with Crippen LogP contribution in [0.4, 0.5) is 5.69 Å². The molecule has 0 heterocycles. The molecule has 144 valence electrons. The number of rotatable bonds is 9. The number of para-hydroxylation sites is 1. The Morgan fingerprint density at radius 2 is 1.93 bits per heavy atom. The summed E-state index contributed by atoms with van der Waals surface area (Å²) < 4.78 is 5.43. The Hall–Kier alpha value is -2.18. The maximum atomic E-state index is 12.6. The standard InChI is InChI=1S/C20H23ClN2O3S/c1-14-8-9-15(12-17(14)21)22-20(25)18(10-11-27-2)23-19(24)13-26-16-6-4-3-5-7-16/h3-9,12,18H,10-11,13H2,1-2H3,(H,22,25)(H,23,24). The number of hydrogen-bond acceptors (Lipinski definition) is 4. The quantitative estimate of drug-likeness (QED) is 0.662. The third-order valence-electron chi connectivity index (χ3n) is 3.81. The summed E-state index contributed by atoms with van der Waals surface area (Å²) in [6.45, 7) is 1.74. The van der Waals surface area contributed by atoms with E-state index < -0.39 is 6.04 Å². The van der Waals surface area contributed by atoms with Crippen molar-refractivity contribution in [3.8, 4) is 5.75 Å². The average Bonchev–Trinajstić information content (AvgIpc) is 2.67. The fourth-order valence-corrected chi connectivity index (χ4v) is 2.96. The molecule has 5 nitrogen and oxygen atoms in total. The Morgan fingerprint density at radius 1 is 1.19 bits per heavy atom. The van der Waals surface area contributed by atoms with Crippen LogP contribution in [0.25, 0.3) is 0 Å². The van der Waals surface area contributed by atoms with Crippen LogP contribution in [0, 0.1) is 6.92 Å². The van der Waals surface area contributed by atoms with Gasteiger partial charge in [0.1, 0.15) is 11.8 Å². The highest BCUT2D eigenvalue weighted by Gasteiger charge is 2.21. The number of aryl methyl sites for hydroxylation is 1. The number of ether oxygens (including phenoxy) is 1. The van der Waals surface area contributed by atoms with Crippen molar-refractivity contribution in [2.75, 3.05) is 23.9 Å². The van der Waals surface area contributed by atoms with Crippen molar-refractivity contribution < 1.29 is 14.3 Å². The Balaban J connectivity index is 1.94. The lowest BCUT2D eigenvalue weighted by molar-refractivity contribution is -0.127. The molecule has 0 saturated heterocycles. The maximum absolute atomic E-state index is 12.6. The van der Waals surface area contributed by atoms with Crippen molar-refractivity contribution in [1.29, 1.82) is 0 Å². The minimum Gasteiger partial charge on any atom is -0.484 e. The Labute approximate surface area is 168 Å². The number of amides is 2. The fraction of sp³-hybridized carbons (Fsp3) is 0.300. The zero-order valence-electron chi connectivity index (χ0n) is 15.3. The van der Waals surface area contributed by atoms with E-state index in [0.717, 1.165) is 11.3 Å². The second-order valence-electron chi connectivity index (χ2n) is 5.96. The first-order valence-electron chi connectivity index (χ1n) is 8.52. The van der Waals surface area contributed by atoms with Crippen molar-refractivity contribution in [2.45, 2.75) is 19.4 Å². The number of hydrogen-bond donors (Lipinski definition) is 2. The highest BCUT2D eigenvalue weighted by Crippen LogP contribution is 2.20. The first kappa shape index (κ1) is 21.1. The molecule has 0 aromatic heterocycles. The van der Waals surface area contributed by atoms with Crippen molar-refractivity contribution in [3.05, 3.63) is 59.1 Å². The maximum Gasteiger partial charge on any atom is 0.258 e. The molecule has 1 unspecified atom stereocenters. The number of thioether (sulfide) groups is 1. The van der Waals surface area contributed by atoms with Gasteiger partial charge in [0.2, 0.25) is 5.91 Å². The summed E-state index contributed by atoms with van der Waals surface area (Å²) in [5.74, 6) is 0.721. The molecule has 0 bridgehead atoms. The number of carbonyl (C=O) groups is 2. The number of halogens is 1. The predicted molar refractivity (Wildman–Crippen MR) is 112 cm³/mol. The molecule has 0 saturated carbocycles. The third-order valence-corrected chi connectivity index (χ3v) is 4.87. The van der Waals surface area contributed by atoms with E-state index in [1.807, 2.05) is 37.4 Å². The summed E-state index contributed by atoms with van der Waals surface area (Å²) >= 11 is 7.72. The highest BCUT2D eigenvalue weighted by atomic mass is 35.5. The molecule has 0 aliphatic rings. The van der Waals surface area contributed by atoms with Crippen molar-refractivity contribution in [1.82, 2.24) is 5.32 Å². The lowest BCUT2D eigenvalue weighted by Gasteiger charge is -2.18. The molecular formula is C20H23ClN2O3S. The van der Waals surface area contributed by atoms with E-state index in [2.05, 4.69) is 10.6 Å². The first-order chi connectivity index (χ1) is 13.0. The van der Waals surface area contributed by atoms with E-state index in [9.17, 15) is 9.59 Å². The van der Waals surface area contributed by atoms with Gasteiger partial charge in [-0.3, -0.25) is 9.59 Å². The molecule has 2 N–H and O–H groups in total. The van der Waals surface area contributed by atoms with E-state index in [1.165, 1.54) is 0 Å². The molecule has 1 atom stereocenters. The van der Waals surface area contributed by atoms with Gasteiger partial charge < -0.3 is 15.4 Å². The van der Waals surface area contributed by atoms with E-state index in [0.29, 0.717) is 22.9 Å². The molecule has 27 heavy (non-hydrogen) atoms. The molecule has 7 heteroatoms. The zero-order chi connectivity index (χ0) is 19.6. The van der Waals surface area contributed by atoms with Crippen LogP contribution in [0.1, 0.15) is 12.0 Å². The molecule has 2 aromatic rings. The summed E-state index contributed by atoms with van der Waals surface area (Å²) in [6.07, 6.45) is 2.47. The van der Waals surface area contributed by atoms with Crippen LogP contribution >= 0.6 is 23.4 Å². The smallest absolute Gasteiger partial charge is 0.258 e. The molecule has 2 aromatic carbocycles. The van der Waals surface area contributed by atoms with Gasteiger partial charge in [-0.1, -0.05) is 35.9 Å². The minimum absolute atomic E-state index is 0.149. The molecule has 0 radical (unpaired) electrons. The van der Waals surface area contributed by atoms with Crippen LogP contribution < -0.4 is 15.4 Å². The highest BCUT2D eigenvalue weighted by molar-refractivity contribution is 7.98.